The molecule has 4 heteroatoms. The van der Waals surface area contributed by atoms with Crippen LogP contribution in [0.15, 0.2) is 22.8 Å². The highest BCUT2D eigenvalue weighted by Crippen LogP contribution is 2.25. The summed E-state index contributed by atoms with van der Waals surface area (Å²) >= 11 is 0. The summed E-state index contributed by atoms with van der Waals surface area (Å²) in [6.45, 7) is 2.99. The van der Waals surface area contributed by atoms with Crippen LogP contribution in [0, 0.1) is 0 Å². The Kier molecular flexibility index (Phi) is 3.63. The van der Waals surface area contributed by atoms with E-state index in [9.17, 15) is 0 Å². The number of hydrogen-bond donors (Lipinski definition) is 1. The lowest BCUT2D eigenvalue weighted by Crippen LogP contribution is -2.56. The maximum Gasteiger partial charge on any atom is 0.117 e. The number of furan rings is 1. The van der Waals surface area contributed by atoms with Crippen molar-refractivity contribution in [2.75, 3.05) is 26.8 Å². The first-order chi connectivity index (χ1) is 7.77. The highest BCUT2D eigenvalue weighted by molar-refractivity contribution is 5.01. The summed E-state index contributed by atoms with van der Waals surface area (Å²) in [6.07, 6.45) is 3.88. The van der Waals surface area contributed by atoms with Crippen molar-refractivity contribution in [1.29, 1.82) is 0 Å². The second-order valence-corrected chi connectivity index (χ2v) is 4.52. The number of nitrogens with zero attached hydrogens (tertiary/aromatic N) is 1. The molecule has 2 rings (SSSR count). The fraction of sp³-hybridized carbons (Fsp3) is 0.667. The molecule has 0 spiro atoms. The highest BCUT2D eigenvalue weighted by atomic mass is 16.5. The molecule has 90 valence electrons. The lowest BCUT2D eigenvalue weighted by atomic mass is 9.90. The summed E-state index contributed by atoms with van der Waals surface area (Å²) in [7, 11) is 2.09. The van der Waals surface area contributed by atoms with Crippen LogP contribution in [0.5, 0.6) is 0 Å². The first-order valence-corrected chi connectivity index (χ1v) is 5.78. The third-order valence-corrected chi connectivity index (χ3v) is 3.46. The third kappa shape index (κ3) is 2.29. The lowest BCUT2D eigenvalue weighted by molar-refractivity contribution is -0.0394. The van der Waals surface area contributed by atoms with E-state index in [4.69, 9.17) is 14.9 Å². The van der Waals surface area contributed by atoms with Crippen LogP contribution < -0.4 is 5.73 Å². The van der Waals surface area contributed by atoms with Crippen molar-refractivity contribution < 1.29 is 9.15 Å². The summed E-state index contributed by atoms with van der Waals surface area (Å²) in [5, 5.41) is 0. The predicted octanol–water partition coefficient (Wildman–Crippen LogP) is 1.22. The van der Waals surface area contributed by atoms with Gasteiger partial charge in [0.15, 0.2) is 0 Å². The zero-order chi connectivity index (χ0) is 11.4. The number of nitrogens with two attached hydrogens (primary N) is 1. The summed E-state index contributed by atoms with van der Waals surface area (Å²) in [5.74, 6) is 0.973. The number of hydrogen-bond acceptors (Lipinski definition) is 4. The molecule has 1 unspecified atom stereocenters. The van der Waals surface area contributed by atoms with E-state index < -0.39 is 0 Å². The molecule has 4 nitrogen and oxygen atoms in total. The maximum atomic E-state index is 5.92. The Balaban J connectivity index is 2.02. The van der Waals surface area contributed by atoms with E-state index in [1.807, 2.05) is 12.1 Å². The Morgan fingerprint density at radius 1 is 1.56 bits per heavy atom. The SMILES string of the molecule is CN(Cc1ccco1)C1(CN)CCCOC1. The number of likely N-dealkylation sites (N-methyl/N-ethyl adjacent to an activating group) is 1. The van der Waals surface area contributed by atoms with Crippen molar-refractivity contribution >= 4 is 0 Å². The molecular weight excluding hydrogens is 204 g/mol. The molecule has 2 N–H and O–H groups in total. The van der Waals surface area contributed by atoms with Gasteiger partial charge in [0, 0.05) is 13.2 Å². The standard InChI is InChI=1S/C12H20N2O2/c1-14(8-11-4-2-7-16-11)12(9-13)5-3-6-15-10-12/h2,4,7H,3,5-6,8-10,13H2,1H3. The predicted molar refractivity (Wildman–Crippen MR) is 62.0 cm³/mol. The van der Waals surface area contributed by atoms with Gasteiger partial charge in [-0.25, -0.2) is 0 Å². The monoisotopic (exact) mass is 224 g/mol. The first kappa shape index (κ1) is 11.6. The van der Waals surface area contributed by atoms with Crippen molar-refractivity contribution in [3.8, 4) is 0 Å². The molecule has 0 aliphatic carbocycles. The first-order valence-electron chi connectivity index (χ1n) is 5.78. The molecule has 1 aromatic rings. The Hall–Kier alpha value is -0.840. The molecule has 0 bridgehead atoms. The Labute approximate surface area is 96.4 Å². The number of rotatable bonds is 4. The van der Waals surface area contributed by atoms with Crippen LogP contribution in [0.3, 0.4) is 0 Å². The Bertz CT molecular complexity index is 305. The highest BCUT2D eigenvalue weighted by Gasteiger charge is 2.35. The van der Waals surface area contributed by atoms with Crippen LogP contribution in [0.25, 0.3) is 0 Å². The Morgan fingerprint density at radius 2 is 2.44 bits per heavy atom. The average Bonchev–Trinajstić information content (AvgIpc) is 2.82. The van der Waals surface area contributed by atoms with Crippen LogP contribution in [-0.2, 0) is 11.3 Å². The molecular formula is C12H20N2O2. The van der Waals surface area contributed by atoms with E-state index >= 15 is 0 Å². The molecule has 0 saturated carbocycles. The van der Waals surface area contributed by atoms with Crippen molar-refractivity contribution in [2.24, 2.45) is 5.73 Å². The fourth-order valence-corrected chi connectivity index (χ4v) is 2.26. The van der Waals surface area contributed by atoms with Crippen LogP contribution in [0.2, 0.25) is 0 Å². The minimum Gasteiger partial charge on any atom is -0.468 e. The molecule has 16 heavy (non-hydrogen) atoms. The third-order valence-electron chi connectivity index (χ3n) is 3.46. The average molecular weight is 224 g/mol. The van der Waals surface area contributed by atoms with Gasteiger partial charge in [-0.3, -0.25) is 4.90 Å². The lowest BCUT2D eigenvalue weighted by Gasteiger charge is -2.43. The van der Waals surface area contributed by atoms with Gasteiger partial charge in [-0.15, -0.1) is 0 Å². The van der Waals surface area contributed by atoms with Crippen molar-refractivity contribution in [1.82, 2.24) is 4.90 Å². The fourth-order valence-electron chi connectivity index (χ4n) is 2.26. The van der Waals surface area contributed by atoms with Crippen molar-refractivity contribution in [3.63, 3.8) is 0 Å². The van der Waals surface area contributed by atoms with Crippen LogP contribution >= 0.6 is 0 Å². The minimum atomic E-state index is -0.0228. The summed E-state index contributed by atoms with van der Waals surface area (Å²) in [6, 6.07) is 3.90. The van der Waals surface area contributed by atoms with Gasteiger partial charge in [0.25, 0.3) is 0 Å². The normalized spacial score (nSPS) is 26.2. The Morgan fingerprint density at radius 3 is 3.00 bits per heavy atom. The van der Waals surface area contributed by atoms with E-state index in [0.717, 1.165) is 38.4 Å². The van der Waals surface area contributed by atoms with Crippen molar-refractivity contribution in [2.45, 2.75) is 24.9 Å². The topological polar surface area (TPSA) is 51.6 Å². The zero-order valence-electron chi connectivity index (χ0n) is 9.82. The molecule has 1 aromatic heterocycles. The van der Waals surface area contributed by atoms with E-state index in [1.165, 1.54) is 0 Å². The van der Waals surface area contributed by atoms with Crippen LogP contribution in [0.1, 0.15) is 18.6 Å². The van der Waals surface area contributed by atoms with E-state index in [2.05, 4.69) is 11.9 Å². The van der Waals surface area contributed by atoms with Crippen LogP contribution in [-0.4, -0.2) is 37.2 Å². The maximum absolute atomic E-state index is 5.92. The largest absolute Gasteiger partial charge is 0.468 e. The summed E-state index contributed by atoms with van der Waals surface area (Å²) in [4.78, 5) is 2.25. The molecule has 2 heterocycles. The smallest absolute Gasteiger partial charge is 0.117 e. The van der Waals surface area contributed by atoms with Gasteiger partial charge < -0.3 is 14.9 Å². The van der Waals surface area contributed by atoms with Crippen molar-refractivity contribution in [3.05, 3.63) is 24.2 Å². The molecule has 1 aliphatic rings. The molecule has 1 fully saturated rings. The van der Waals surface area contributed by atoms with E-state index in [0.29, 0.717) is 6.54 Å². The van der Waals surface area contributed by atoms with Gasteiger partial charge >= 0.3 is 0 Å². The van der Waals surface area contributed by atoms with Gasteiger partial charge in [0.05, 0.1) is 25.0 Å². The van der Waals surface area contributed by atoms with Gasteiger partial charge in [-0.2, -0.15) is 0 Å². The minimum absolute atomic E-state index is 0.0228. The van der Waals surface area contributed by atoms with E-state index in [-0.39, 0.29) is 5.54 Å². The summed E-state index contributed by atoms with van der Waals surface area (Å²) in [5.41, 5.74) is 5.89. The summed E-state index contributed by atoms with van der Waals surface area (Å²) < 4.78 is 10.9. The number of ether oxygens (including phenoxy) is 1. The molecule has 0 amide bonds. The van der Waals surface area contributed by atoms with Gasteiger partial charge in [0.1, 0.15) is 5.76 Å². The zero-order valence-corrected chi connectivity index (χ0v) is 9.82. The molecule has 1 aliphatic heterocycles. The molecule has 0 aromatic carbocycles. The van der Waals surface area contributed by atoms with Gasteiger partial charge in [-0.1, -0.05) is 0 Å². The molecule has 0 radical (unpaired) electrons. The van der Waals surface area contributed by atoms with Gasteiger partial charge in [0.2, 0.25) is 0 Å². The molecule has 1 atom stereocenters. The quantitative estimate of drug-likeness (QED) is 0.835. The second kappa shape index (κ2) is 4.99. The van der Waals surface area contributed by atoms with E-state index in [1.54, 1.807) is 6.26 Å². The van der Waals surface area contributed by atoms with Crippen LogP contribution in [0.4, 0.5) is 0 Å². The molecule has 1 saturated heterocycles. The van der Waals surface area contributed by atoms with Gasteiger partial charge in [-0.05, 0) is 32.0 Å². The second-order valence-electron chi connectivity index (χ2n) is 4.52.